The van der Waals surface area contributed by atoms with E-state index in [0.717, 1.165) is 29.0 Å². The molecule has 0 spiro atoms. The standard InChI is InChI=1S/C27H26F3NO3S/c1-35(33,34)23-12-10-21(11-13-23)20-8-6-19(7-9-20)18-26(32)31-16-14-22(15-17-31)24-4-2-3-5-25(24)27(28,29)30/h2-13,22H,14-18H2,1H3. The number of carbonyl (C=O) groups excluding carboxylic acids is 1. The van der Waals surface area contributed by atoms with Gasteiger partial charge in [-0.15, -0.1) is 0 Å². The Bertz CT molecular complexity index is 1290. The molecule has 0 radical (unpaired) electrons. The van der Waals surface area contributed by atoms with Gasteiger partial charge in [-0.1, -0.05) is 54.6 Å². The maximum absolute atomic E-state index is 13.4. The SMILES string of the molecule is CS(=O)(=O)c1ccc(-c2ccc(CC(=O)N3CCC(c4ccccc4C(F)(F)F)CC3)cc2)cc1. The lowest BCUT2D eigenvalue weighted by Gasteiger charge is -2.33. The van der Waals surface area contributed by atoms with Crippen LogP contribution >= 0.6 is 0 Å². The van der Waals surface area contributed by atoms with Gasteiger partial charge in [0, 0.05) is 19.3 Å². The average molecular weight is 502 g/mol. The Morgan fingerprint density at radius 2 is 1.43 bits per heavy atom. The second-order valence-corrected chi connectivity index (χ2v) is 10.9. The zero-order chi connectivity index (χ0) is 25.2. The van der Waals surface area contributed by atoms with E-state index in [9.17, 15) is 26.4 Å². The van der Waals surface area contributed by atoms with E-state index in [4.69, 9.17) is 0 Å². The Morgan fingerprint density at radius 1 is 0.886 bits per heavy atom. The van der Waals surface area contributed by atoms with E-state index in [0.29, 0.717) is 31.5 Å². The lowest BCUT2D eigenvalue weighted by Crippen LogP contribution is -2.39. The molecular formula is C27H26F3NO3S. The molecule has 1 fully saturated rings. The van der Waals surface area contributed by atoms with Crippen LogP contribution in [0.25, 0.3) is 11.1 Å². The molecule has 0 aliphatic carbocycles. The number of hydrogen-bond donors (Lipinski definition) is 0. The molecule has 184 valence electrons. The quantitative estimate of drug-likeness (QED) is 0.449. The van der Waals surface area contributed by atoms with Crippen LogP contribution in [0.2, 0.25) is 0 Å². The third kappa shape index (κ3) is 5.93. The smallest absolute Gasteiger partial charge is 0.342 e. The number of amides is 1. The van der Waals surface area contributed by atoms with Gasteiger partial charge in [0.15, 0.2) is 9.84 Å². The predicted molar refractivity (Wildman–Crippen MR) is 129 cm³/mol. The fraction of sp³-hybridized carbons (Fsp3) is 0.296. The average Bonchev–Trinajstić information content (AvgIpc) is 2.84. The van der Waals surface area contributed by atoms with Gasteiger partial charge in [-0.3, -0.25) is 4.79 Å². The molecule has 0 aromatic heterocycles. The topological polar surface area (TPSA) is 54.5 Å². The van der Waals surface area contributed by atoms with Crippen LogP contribution in [0.1, 0.15) is 35.4 Å². The lowest BCUT2D eigenvalue weighted by molar-refractivity contribution is -0.139. The number of hydrogen-bond acceptors (Lipinski definition) is 3. The molecule has 8 heteroatoms. The zero-order valence-electron chi connectivity index (χ0n) is 19.3. The lowest BCUT2D eigenvalue weighted by atomic mass is 9.86. The highest BCUT2D eigenvalue weighted by atomic mass is 32.2. The molecule has 1 aliphatic heterocycles. The van der Waals surface area contributed by atoms with Crippen LogP contribution in [0.3, 0.4) is 0 Å². The number of rotatable bonds is 5. The Morgan fingerprint density at radius 3 is 1.97 bits per heavy atom. The molecule has 3 aromatic rings. The van der Waals surface area contributed by atoms with Gasteiger partial charge >= 0.3 is 6.18 Å². The molecule has 1 saturated heterocycles. The van der Waals surface area contributed by atoms with Crippen LogP contribution in [0.4, 0.5) is 13.2 Å². The Hall–Kier alpha value is -3.13. The normalized spacial score (nSPS) is 15.3. The van der Waals surface area contributed by atoms with E-state index in [1.807, 2.05) is 24.3 Å². The summed E-state index contributed by atoms with van der Waals surface area (Å²) >= 11 is 0. The van der Waals surface area contributed by atoms with Gasteiger partial charge in [-0.2, -0.15) is 13.2 Å². The maximum atomic E-state index is 13.4. The third-order valence-corrected chi connectivity index (χ3v) is 7.61. The van der Waals surface area contributed by atoms with E-state index in [1.165, 1.54) is 6.07 Å². The number of alkyl halides is 3. The summed E-state index contributed by atoms with van der Waals surface area (Å²) in [6, 6.07) is 19.8. The Balaban J connectivity index is 1.36. The van der Waals surface area contributed by atoms with Crippen LogP contribution in [0.5, 0.6) is 0 Å². The maximum Gasteiger partial charge on any atom is 0.416 e. The van der Waals surface area contributed by atoms with Gasteiger partial charge in [-0.05, 0) is 59.2 Å². The van der Waals surface area contributed by atoms with Crippen molar-refractivity contribution in [2.24, 2.45) is 0 Å². The number of carbonyl (C=O) groups is 1. The summed E-state index contributed by atoms with van der Waals surface area (Å²) in [6.07, 6.45) is -2.00. The highest BCUT2D eigenvalue weighted by molar-refractivity contribution is 7.90. The van der Waals surface area contributed by atoms with Crippen LogP contribution in [-0.4, -0.2) is 38.6 Å². The first kappa shape index (κ1) is 25.0. The van der Waals surface area contributed by atoms with Gasteiger partial charge in [-0.25, -0.2) is 8.42 Å². The van der Waals surface area contributed by atoms with E-state index in [-0.39, 0.29) is 23.1 Å². The number of sulfone groups is 1. The van der Waals surface area contributed by atoms with Gasteiger partial charge in [0.05, 0.1) is 16.9 Å². The van der Waals surface area contributed by atoms with E-state index < -0.39 is 21.6 Å². The number of piperidine rings is 1. The summed E-state index contributed by atoms with van der Waals surface area (Å²) < 4.78 is 63.3. The third-order valence-electron chi connectivity index (χ3n) is 6.48. The number of halogens is 3. The second-order valence-electron chi connectivity index (χ2n) is 8.91. The molecule has 35 heavy (non-hydrogen) atoms. The van der Waals surface area contributed by atoms with Crippen LogP contribution in [0.15, 0.2) is 77.7 Å². The van der Waals surface area contributed by atoms with Crippen molar-refractivity contribution >= 4 is 15.7 Å². The van der Waals surface area contributed by atoms with Crippen molar-refractivity contribution in [1.29, 1.82) is 0 Å². The van der Waals surface area contributed by atoms with Crippen LogP contribution in [-0.2, 0) is 27.2 Å². The molecule has 0 bridgehead atoms. The minimum Gasteiger partial charge on any atom is -0.342 e. The monoisotopic (exact) mass is 501 g/mol. The zero-order valence-corrected chi connectivity index (χ0v) is 20.1. The number of benzene rings is 3. The van der Waals surface area contributed by atoms with Crippen molar-refractivity contribution in [3.8, 4) is 11.1 Å². The Labute approximate surface area is 203 Å². The minimum absolute atomic E-state index is 0.0437. The molecule has 4 nitrogen and oxygen atoms in total. The van der Waals surface area contributed by atoms with Crippen molar-refractivity contribution in [3.05, 3.63) is 89.5 Å². The molecule has 1 aliphatic rings. The van der Waals surface area contributed by atoms with Gasteiger partial charge in [0.2, 0.25) is 5.91 Å². The summed E-state index contributed by atoms with van der Waals surface area (Å²) in [7, 11) is -3.25. The van der Waals surface area contributed by atoms with Crippen molar-refractivity contribution in [2.75, 3.05) is 19.3 Å². The predicted octanol–water partition coefficient (Wildman–Crippen LogP) is 5.72. The summed E-state index contributed by atoms with van der Waals surface area (Å²) in [5, 5.41) is 0. The summed E-state index contributed by atoms with van der Waals surface area (Å²) in [5.74, 6) is -0.261. The molecule has 1 amide bonds. The van der Waals surface area contributed by atoms with Gasteiger partial charge in [0.1, 0.15) is 0 Å². The summed E-state index contributed by atoms with van der Waals surface area (Å²) in [4.78, 5) is 14.8. The van der Waals surface area contributed by atoms with Crippen molar-refractivity contribution in [1.82, 2.24) is 4.90 Å². The van der Waals surface area contributed by atoms with E-state index in [2.05, 4.69) is 0 Å². The fourth-order valence-corrected chi connectivity index (χ4v) is 5.18. The number of nitrogens with zero attached hydrogens (tertiary/aromatic N) is 1. The molecular weight excluding hydrogens is 475 g/mol. The van der Waals surface area contributed by atoms with Gasteiger partial charge in [0.25, 0.3) is 0 Å². The first-order valence-electron chi connectivity index (χ1n) is 11.4. The van der Waals surface area contributed by atoms with Crippen molar-refractivity contribution in [2.45, 2.75) is 36.3 Å². The van der Waals surface area contributed by atoms with Crippen molar-refractivity contribution in [3.63, 3.8) is 0 Å². The molecule has 3 aromatic carbocycles. The van der Waals surface area contributed by atoms with Crippen LogP contribution < -0.4 is 0 Å². The van der Waals surface area contributed by atoms with Gasteiger partial charge < -0.3 is 4.90 Å². The second kappa shape index (κ2) is 9.85. The molecule has 0 atom stereocenters. The molecule has 0 N–H and O–H groups in total. The molecule has 0 unspecified atom stereocenters. The summed E-state index contributed by atoms with van der Waals surface area (Å²) in [6.45, 7) is 0.862. The first-order valence-corrected chi connectivity index (χ1v) is 13.2. The molecule has 0 saturated carbocycles. The highest BCUT2D eigenvalue weighted by Crippen LogP contribution is 2.38. The van der Waals surface area contributed by atoms with Crippen molar-refractivity contribution < 1.29 is 26.4 Å². The molecule has 1 heterocycles. The first-order chi connectivity index (χ1) is 16.5. The highest BCUT2D eigenvalue weighted by Gasteiger charge is 2.36. The summed E-state index contributed by atoms with van der Waals surface area (Å²) in [5.41, 5.74) is 2.35. The van der Waals surface area contributed by atoms with Crippen LogP contribution in [0, 0.1) is 0 Å². The van der Waals surface area contributed by atoms with E-state index in [1.54, 1.807) is 41.3 Å². The fourth-order valence-electron chi connectivity index (χ4n) is 4.55. The van der Waals surface area contributed by atoms with E-state index >= 15 is 0 Å². The number of likely N-dealkylation sites (tertiary alicyclic amines) is 1. The minimum atomic E-state index is -4.38. The largest absolute Gasteiger partial charge is 0.416 e. The Kier molecular flexibility index (Phi) is 7.03. The molecule has 4 rings (SSSR count).